The zero-order chi connectivity index (χ0) is 17.2. The molecule has 1 aromatic carbocycles. The fraction of sp³-hybridized carbons (Fsp3) is 0.500. The van der Waals surface area contributed by atoms with E-state index >= 15 is 0 Å². The van der Waals surface area contributed by atoms with Crippen LogP contribution < -0.4 is 10.7 Å². The van der Waals surface area contributed by atoms with Gasteiger partial charge in [0.2, 0.25) is 11.8 Å². The summed E-state index contributed by atoms with van der Waals surface area (Å²) >= 11 is 3.38. The standard InChI is InChI=1S/C18H24BrN3O2/c19-15-7-4-6-14(12-15)13-20-22-18(24)11-5-10-17(23)21-16-8-2-1-3-9-16/h4,6-7,12-13,16H,1-3,5,8-11H2,(H,21,23)(H,22,24). The molecule has 0 heterocycles. The van der Waals surface area contributed by atoms with Crippen LogP contribution in [-0.4, -0.2) is 24.1 Å². The average Bonchev–Trinajstić information content (AvgIpc) is 2.56. The fourth-order valence-electron chi connectivity index (χ4n) is 2.78. The van der Waals surface area contributed by atoms with Gasteiger partial charge in [-0.2, -0.15) is 5.10 Å². The highest BCUT2D eigenvalue weighted by atomic mass is 79.9. The lowest BCUT2D eigenvalue weighted by atomic mass is 9.95. The number of carbonyl (C=O) groups excluding carboxylic acids is 2. The Balaban J connectivity index is 1.59. The molecule has 2 amide bonds. The lowest BCUT2D eigenvalue weighted by molar-refractivity contribution is -0.122. The molecule has 0 unspecified atom stereocenters. The summed E-state index contributed by atoms with van der Waals surface area (Å²) in [6, 6.07) is 7.96. The molecule has 6 heteroatoms. The summed E-state index contributed by atoms with van der Waals surface area (Å²) < 4.78 is 0.960. The van der Waals surface area contributed by atoms with E-state index in [1.807, 2.05) is 24.3 Å². The summed E-state index contributed by atoms with van der Waals surface area (Å²) in [4.78, 5) is 23.6. The van der Waals surface area contributed by atoms with E-state index < -0.39 is 0 Å². The Labute approximate surface area is 151 Å². The second-order valence-corrected chi connectivity index (χ2v) is 7.02. The van der Waals surface area contributed by atoms with Gasteiger partial charge in [-0.1, -0.05) is 47.3 Å². The van der Waals surface area contributed by atoms with E-state index in [4.69, 9.17) is 0 Å². The minimum atomic E-state index is -0.174. The first-order chi connectivity index (χ1) is 11.6. The van der Waals surface area contributed by atoms with E-state index in [-0.39, 0.29) is 11.8 Å². The molecule has 1 aliphatic carbocycles. The minimum Gasteiger partial charge on any atom is -0.353 e. The zero-order valence-electron chi connectivity index (χ0n) is 13.8. The summed E-state index contributed by atoms with van der Waals surface area (Å²) in [5.41, 5.74) is 3.39. The highest BCUT2D eigenvalue weighted by molar-refractivity contribution is 9.10. The quantitative estimate of drug-likeness (QED) is 0.549. The second kappa shape index (κ2) is 10.2. The van der Waals surface area contributed by atoms with Crippen molar-refractivity contribution < 1.29 is 9.59 Å². The molecule has 1 aliphatic rings. The van der Waals surface area contributed by atoms with Crippen LogP contribution in [0.1, 0.15) is 56.9 Å². The number of hydrazone groups is 1. The van der Waals surface area contributed by atoms with Crippen LogP contribution in [0.15, 0.2) is 33.8 Å². The van der Waals surface area contributed by atoms with Gasteiger partial charge in [0.1, 0.15) is 0 Å². The minimum absolute atomic E-state index is 0.0485. The van der Waals surface area contributed by atoms with Crippen molar-refractivity contribution in [3.63, 3.8) is 0 Å². The number of benzene rings is 1. The number of nitrogens with zero attached hydrogens (tertiary/aromatic N) is 1. The van der Waals surface area contributed by atoms with Crippen molar-refractivity contribution in [1.29, 1.82) is 0 Å². The van der Waals surface area contributed by atoms with E-state index in [2.05, 4.69) is 31.8 Å². The van der Waals surface area contributed by atoms with Gasteiger partial charge in [-0.05, 0) is 37.0 Å². The highest BCUT2D eigenvalue weighted by Gasteiger charge is 2.15. The molecular weight excluding hydrogens is 370 g/mol. The molecule has 130 valence electrons. The van der Waals surface area contributed by atoms with E-state index in [1.165, 1.54) is 19.3 Å². The molecule has 0 aliphatic heterocycles. The van der Waals surface area contributed by atoms with E-state index in [0.29, 0.717) is 25.3 Å². The Hall–Kier alpha value is -1.69. The van der Waals surface area contributed by atoms with E-state index in [0.717, 1.165) is 22.9 Å². The summed E-state index contributed by atoms with van der Waals surface area (Å²) in [6.45, 7) is 0. The van der Waals surface area contributed by atoms with Gasteiger partial charge in [-0.3, -0.25) is 9.59 Å². The smallest absolute Gasteiger partial charge is 0.240 e. The molecule has 0 bridgehead atoms. The number of rotatable bonds is 7. The Kier molecular flexibility index (Phi) is 7.95. The third kappa shape index (κ3) is 7.25. The van der Waals surface area contributed by atoms with Gasteiger partial charge < -0.3 is 5.32 Å². The first-order valence-electron chi connectivity index (χ1n) is 8.50. The topological polar surface area (TPSA) is 70.6 Å². The maximum atomic E-state index is 11.8. The summed E-state index contributed by atoms with van der Waals surface area (Å²) in [7, 11) is 0. The molecule has 0 saturated heterocycles. The summed E-state index contributed by atoms with van der Waals surface area (Å²) in [5, 5.41) is 6.99. The van der Waals surface area contributed by atoms with Gasteiger partial charge in [-0.15, -0.1) is 0 Å². The molecule has 0 atom stereocenters. The van der Waals surface area contributed by atoms with E-state index in [1.54, 1.807) is 6.21 Å². The van der Waals surface area contributed by atoms with Gasteiger partial charge >= 0.3 is 0 Å². The van der Waals surface area contributed by atoms with Crippen LogP contribution >= 0.6 is 15.9 Å². The maximum absolute atomic E-state index is 11.8. The van der Waals surface area contributed by atoms with Crippen LogP contribution in [0.5, 0.6) is 0 Å². The Morgan fingerprint density at radius 2 is 1.92 bits per heavy atom. The predicted octanol–water partition coefficient (Wildman–Crippen LogP) is 3.52. The van der Waals surface area contributed by atoms with Crippen LogP contribution in [0, 0.1) is 0 Å². The predicted molar refractivity (Wildman–Crippen MR) is 98.7 cm³/mol. The molecule has 0 radical (unpaired) electrons. The van der Waals surface area contributed by atoms with Crippen LogP contribution in [0.3, 0.4) is 0 Å². The van der Waals surface area contributed by atoms with Crippen LogP contribution in [0.2, 0.25) is 0 Å². The molecule has 2 N–H and O–H groups in total. The number of amides is 2. The van der Waals surface area contributed by atoms with Gasteiger partial charge in [0.15, 0.2) is 0 Å². The molecular formula is C18H24BrN3O2. The van der Waals surface area contributed by atoms with Crippen LogP contribution in [0.4, 0.5) is 0 Å². The Morgan fingerprint density at radius 3 is 2.67 bits per heavy atom. The van der Waals surface area contributed by atoms with Crippen molar-refractivity contribution >= 4 is 34.0 Å². The van der Waals surface area contributed by atoms with Crippen molar-refractivity contribution in [2.45, 2.75) is 57.4 Å². The van der Waals surface area contributed by atoms with Crippen molar-refractivity contribution in [1.82, 2.24) is 10.7 Å². The number of hydrogen-bond donors (Lipinski definition) is 2. The second-order valence-electron chi connectivity index (χ2n) is 6.10. The summed E-state index contributed by atoms with van der Waals surface area (Å²) in [6.07, 6.45) is 8.65. The van der Waals surface area contributed by atoms with Gasteiger partial charge in [0.25, 0.3) is 0 Å². The highest BCUT2D eigenvalue weighted by Crippen LogP contribution is 2.17. The Bertz CT molecular complexity index is 583. The SMILES string of the molecule is O=C(CCCC(=O)NC1CCCCC1)NN=Cc1cccc(Br)c1. The Morgan fingerprint density at radius 1 is 1.17 bits per heavy atom. The molecule has 2 rings (SSSR count). The van der Waals surface area contributed by atoms with Crippen LogP contribution in [0.25, 0.3) is 0 Å². The van der Waals surface area contributed by atoms with Crippen molar-refractivity contribution in [3.05, 3.63) is 34.3 Å². The third-order valence-electron chi connectivity index (χ3n) is 4.03. The lowest BCUT2D eigenvalue weighted by Crippen LogP contribution is -2.36. The molecule has 5 nitrogen and oxygen atoms in total. The van der Waals surface area contributed by atoms with Crippen molar-refractivity contribution in [2.75, 3.05) is 0 Å². The number of hydrogen-bond acceptors (Lipinski definition) is 3. The molecule has 1 aromatic rings. The van der Waals surface area contributed by atoms with Gasteiger partial charge in [0, 0.05) is 23.4 Å². The van der Waals surface area contributed by atoms with Gasteiger partial charge in [-0.25, -0.2) is 5.43 Å². The fourth-order valence-corrected chi connectivity index (χ4v) is 3.19. The summed E-state index contributed by atoms with van der Waals surface area (Å²) in [5.74, 6) is -0.126. The maximum Gasteiger partial charge on any atom is 0.240 e. The average molecular weight is 394 g/mol. The molecule has 0 spiro atoms. The van der Waals surface area contributed by atoms with Crippen LogP contribution in [-0.2, 0) is 9.59 Å². The van der Waals surface area contributed by atoms with Crippen molar-refractivity contribution in [2.24, 2.45) is 5.10 Å². The molecule has 0 aromatic heterocycles. The first-order valence-corrected chi connectivity index (χ1v) is 9.29. The third-order valence-corrected chi connectivity index (χ3v) is 4.52. The normalized spacial score (nSPS) is 15.4. The van der Waals surface area contributed by atoms with Crippen molar-refractivity contribution in [3.8, 4) is 0 Å². The van der Waals surface area contributed by atoms with Gasteiger partial charge in [0.05, 0.1) is 6.21 Å². The number of carbonyl (C=O) groups is 2. The zero-order valence-corrected chi connectivity index (χ0v) is 15.3. The first kappa shape index (κ1) is 18.6. The number of halogens is 1. The monoisotopic (exact) mass is 393 g/mol. The molecule has 24 heavy (non-hydrogen) atoms. The largest absolute Gasteiger partial charge is 0.353 e. The molecule has 1 saturated carbocycles. The number of nitrogens with one attached hydrogen (secondary N) is 2. The van der Waals surface area contributed by atoms with E-state index in [9.17, 15) is 9.59 Å². The lowest BCUT2D eigenvalue weighted by Gasteiger charge is -2.22. The molecule has 1 fully saturated rings.